The van der Waals surface area contributed by atoms with Crippen LogP contribution >= 0.6 is 11.8 Å². The lowest BCUT2D eigenvalue weighted by atomic mass is 10.2. The predicted octanol–water partition coefficient (Wildman–Crippen LogP) is 1.29. The van der Waals surface area contributed by atoms with Gasteiger partial charge >= 0.3 is 0 Å². The summed E-state index contributed by atoms with van der Waals surface area (Å²) in [5, 5.41) is 12.3. The third kappa shape index (κ3) is 5.16. The number of hydrogen-bond donors (Lipinski definition) is 2. The lowest BCUT2D eigenvalue weighted by molar-refractivity contribution is 0.270. The Kier molecular flexibility index (Phi) is 6.39. The highest BCUT2D eigenvalue weighted by atomic mass is 32.2. The van der Waals surface area contributed by atoms with Gasteiger partial charge in [0.05, 0.1) is 0 Å². The van der Waals surface area contributed by atoms with Crippen molar-refractivity contribution in [3.8, 4) is 0 Å². The largest absolute Gasteiger partial charge is 0.396 e. The van der Waals surface area contributed by atoms with Gasteiger partial charge in [-0.3, -0.25) is 4.98 Å². The van der Waals surface area contributed by atoms with Crippen LogP contribution in [-0.2, 0) is 6.54 Å². The zero-order valence-corrected chi connectivity index (χ0v) is 9.83. The van der Waals surface area contributed by atoms with E-state index in [1.807, 2.05) is 12.1 Å². The third-order valence-corrected chi connectivity index (χ3v) is 2.93. The van der Waals surface area contributed by atoms with E-state index < -0.39 is 0 Å². The van der Waals surface area contributed by atoms with Crippen molar-refractivity contribution < 1.29 is 5.11 Å². The molecule has 0 spiro atoms. The van der Waals surface area contributed by atoms with Gasteiger partial charge in [-0.1, -0.05) is 0 Å². The lowest BCUT2D eigenvalue weighted by Crippen LogP contribution is -2.31. The fraction of sp³-hybridized carbons (Fsp3) is 0.545. The molecule has 1 unspecified atom stereocenters. The number of nitrogens with one attached hydrogen (secondary N) is 1. The van der Waals surface area contributed by atoms with E-state index in [-0.39, 0.29) is 6.61 Å². The van der Waals surface area contributed by atoms with Crippen molar-refractivity contribution in [1.82, 2.24) is 10.3 Å². The second-order valence-corrected chi connectivity index (χ2v) is 4.31. The van der Waals surface area contributed by atoms with Gasteiger partial charge in [0, 0.05) is 37.3 Å². The first-order valence-corrected chi connectivity index (χ1v) is 6.48. The molecule has 2 N–H and O–H groups in total. The maximum atomic E-state index is 8.90. The summed E-state index contributed by atoms with van der Waals surface area (Å²) in [5.41, 5.74) is 1.23. The number of aliphatic hydroxyl groups is 1. The van der Waals surface area contributed by atoms with Crippen LogP contribution in [0.2, 0.25) is 0 Å². The van der Waals surface area contributed by atoms with Crippen LogP contribution in [0.5, 0.6) is 0 Å². The number of aromatic nitrogens is 1. The Balaban J connectivity index is 2.33. The van der Waals surface area contributed by atoms with Gasteiger partial charge in [0.15, 0.2) is 0 Å². The Morgan fingerprint density at radius 2 is 2.20 bits per heavy atom. The summed E-state index contributed by atoms with van der Waals surface area (Å²) >= 11 is 1.80. The number of hydrogen-bond acceptors (Lipinski definition) is 4. The minimum Gasteiger partial charge on any atom is -0.396 e. The van der Waals surface area contributed by atoms with Crippen LogP contribution in [0, 0.1) is 0 Å². The summed E-state index contributed by atoms with van der Waals surface area (Å²) in [7, 11) is 0. The first kappa shape index (κ1) is 12.5. The molecule has 1 aromatic heterocycles. The zero-order chi connectivity index (χ0) is 10.9. The molecule has 0 bridgehead atoms. The lowest BCUT2D eigenvalue weighted by Gasteiger charge is -2.16. The molecule has 3 nitrogen and oxygen atoms in total. The molecule has 1 atom stereocenters. The minimum absolute atomic E-state index is 0.245. The van der Waals surface area contributed by atoms with Crippen molar-refractivity contribution in [2.75, 3.05) is 18.6 Å². The van der Waals surface area contributed by atoms with Crippen LogP contribution in [0.1, 0.15) is 12.0 Å². The van der Waals surface area contributed by atoms with Crippen molar-refractivity contribution in [3.05, 3.63) is 30.1 Å². The first-order chi connectivity index (χ1) is 7.36. The van der Waals surface area contributed by atoms with Crippen LogP contribution in [0.15, 0.2) is 24.5 Å². The molecule has 0 radical (unpaired) electrons. The number of aliphatic hydroxyl groups excluding tert-OH is 1. The van der Waals surface area contributed by atoms with Gasteiger partial charge in [-0.15, -0.1) is 0 Å². The van der Waals surface area contributed by atoms with Gasteiger partial charge in [-0.2, -0.15) is 11.8 Å². The van der Waals surface area contributed by atoms with E-state index in [0.717, 1.165) is 18.7 Å². The van der Waals surface area contributed by atoms with E-state index in [0.29, 0.717) is 6.04 Å². The maximum Gasteiger partial charge on any atom is 0.0446 e. The number of nitrogens with zero attached hydrogens (tertiary/aromatic N) is 1. The van der Waals surface area contributed by atoms with Gasteiger partial charge in [-0.25, -0.2) is 0 Å². The SMILES string of the molecule is CSCC(CCO)NCc1ccncc1. The van der Waals surface area contributed by atoms with Crippen molar-refractivity contribution in [2.45, 2.75) is 19.0 Å². The summed E-state index contributed by atoms with van der Waals surface area (Å²) in [6, 6.07) is 4.39. The molecule has 0 fully saturated rings. The molecule has 1 rings (SSSR count). The molecule has 0 saturated carbocycles. The summed E-state index contributed by atoms with van der Waals surface area (Å²) < 4.78 is 0. The number of pyridine rings is 1. The molecular formula is C11H18N2OS. The topological polar surface area (TPSA) is 45.1 Å². The predicted molar refractivity (Wildman–Crippen MR) is 64.9 cm³/mol. The van der Waals surface area contributed by atoms with E-state index in [1.54, 1.807) is 24.2 Å². The van der Waals surface area contributed by atoms with E-state index in [1.165, 1.54) is 5.56 Å². The molecule has 15 heavy (non-hydrogen) atoms. The first-order valence-electron chi connectivity index (χ1n) is 5.09. The molecule has 1 aromatic rings. The highest BCUT2D eigenvalue weighted by Crippen LogP contribution is 2.03. The molecular weight excluding hydrogens is 208 g/mol. The number of thioether (sulfide) groups is 1. The molecule has 0 aliphatic heterocycles. The molecule has 0 amide bonds. The average Bonchev–Trinajstić information content (AvgIpc) is 2.28. The molecule has 0 aliphatic rings. The normalized spacial score (nSPS) is 12.7. The zero-order valence-electron chi connectivity index (χ0n) is 9.02. The molecule has 84 valence electrons. The highest BCUT2D eigenvalue weighted by molar-refractivity contribution is 7.98. The van der Waals surface area contributed by atoms with Crippen LogP contribution < -0.4 is 5.32 Å². The second kappa shape index (κ2) is 7.68. The molecule has 0 saturated heterocycles. The number of rotatable bonds is 7. The van der Waals surface area contributed by atoms with Crippen LogP contribution in [0.4, 0.5) is 0 Å². The molecule has 1 heterocycles. The highest BCUT2D eigenvalue weighted by Gasteiger charge is 2.06. The molecule has 4 heteroatoms. The second-order valence-electron chi connectivity index (χ2n) is 3.40. The quantitative estimate of drug-likeness (QED) is 0.735. The fourth-order valence-corrected chi connectivity index (χ4v) is 2.05. The van der Waals surface area contributed by atoms with E-state index >= 15 is 0 Å². The smallest absolute Gasteiger partial charge is 0.0446 e. The van der Waals surface area contributed by atoms with Crippen LogP contribution in [0.3, 0.4) is 0 Å². The maximum absolute atomic E-state index is 8.90. The summed E-state index contributed by atoms with van der Waals surface area (Å²) in [6.07, 6.45) is 6.49. The summed E-state index contributed by atoms with van der Waals surface area (Å²) in [6.45, 7) is 1.09. The third-order valence-electron chi connectivity index (χ3n) is 2.19. The molecule has 0 aromatic carbocycles. The minimum atomic E-state index is 0.245. The Bertz CT molecular complexity index is 250. The Morgan fingerprint density at radius 1 is 1.47 bits per heavy atom. The van der Waals surface area contributed by atoms with Gasteiger partial charge in [-0.05, 0) is 30.4 Å². The standard InChI is InChI=1S/C11H18N2OS/c1-15-9-11(4-7-14)13-8-10-2-5-12-6-3-10/h2-3,5-6,11,13-14H,4,7-9H2,1H3. The van der Waals surface area contributed by atoms with Gasteiger partial charge in [0.1, 0.15) is 0 Å². The molecule has 0 aliphatic carbocycles. The van der Waals surface area contributed by atoms with Crippen LogP contribution in [-0.4, -0.2) is 34.7 Å². The van der Waals surface area contributed by atoms with Crippen LogP contribution in [0.25, 0.3) is 0 Å². The van der Waals surface area contributed by atoms with Crippen molar-refractivity contribution in [3.63, 3.8) is 0 Å². The van der Waals surface area contributed by atoms with Gasteiger partial charge in [0.25, 0.3) is 0 Å². The van der Waals surface area contributed by atoms with Crippen molar-refractivity contribution in [2.24, 2.45) is 0 Å². The summed E-state index contributed by atoms with van der Waals surface area (Å²) in [5.74, 6) is 1.03. The summed E-state index contributed by atoms with van der Waals surface area (Å²) in [4.78, 5) is 3.97. The Labute approximate surface area is 95.3 Å². The average molecular weight is 226 g/mol. The van der Waals surface area contributed by atoms with E-state index in [2.05, 4.69) is 16.6 Å². The Hall–Kier alpha value is -0.580. The van der Waals surface area contributed by atoms with E-state index in [9.17, 15) is 0 Å². The van der Waals surface area contributed by atoms with Crippen molar-refractivity contribution in [1.29, 1.82) is 0 Å². The van der Waals surface area contributed by atoms with Gasteiger partial charge < -0.3 is 10.4 Å². The van der Waals surface area contributed by atoms with Crippen molar-refractivity contribution >= 4 is 11.8 Å². The monoisotopic (exact) mass is 226 g/mol. The fourth-order valence-electron chi connectivity index (χ4n) is 1.36. The van der Waals surface area contributed by atoms with Gasteiger partial charge in [0.2, 0.25) is 0 Å². The Morgan fingerprint density at radius 3 is 2.80 bits per heavy atom. The van der Waals surface area contributed by atoms with E-state index in [4.69, 9.17) is 5.11 Å².